The summed E-state index contributed by atoms with van der Waals surface area (Å²) in [5, 5.41) is 0. The first-order valence-corrected chi connectivity index (χ1v) is 4.37. The summed E-state index contributed by atoms with van der Waals surface area (Å²) < 4.78 is 39.1. The fourth-order valence-corrected chi connectivity index (χ4v) is 1.49. The maximum absolute atomic E-state index is 12.7. The summed E-state index contributed by atoms with van der Waals surface area (Å²) >= 11 is 0. The summed E-state index contributed by atoms with van der Waals surface area (Å²) in [7, 11) is 1.41. The van der Waals surface area contributed by atoms with Crippen LogP contribution in [0, 0.1) is 0 Å². The molecule has 0 atom stereocenters. The topological polar surface area (TPSA) is 4.93 Å². The van der Waals surface area contributed by atoms with E-state index >= 15 is 0 Å². The van der Waals surface area contributed by atoms with Gasteiger partial charge in [-0.1, -0.05) is 20.8 Å². The van der Waals surface area contributed by atoms with Crippen molar-refractivity contribution in [3.8, 4) is 0 Å². The lowest BCUT2D eigenvalue weighted by molar-refractivity contribution is -0.144. The van der Waals surface area contributed by atoms with Crippen molar-refractivity contribution in [3.05, 3.63) is 23.5 Å². The highest BCUT2D eigenvalue weighted by atomic mass is 19.4. The Morgan fingerprint density at radius 2 is 1.64 bits per heavy atom. The maximum atomic E-state index is 12.7. The SMILES string of the molecule is Cn1ccc(C(C)(C)C)c1C(F)(F)F. The van der Waals surface area contributed by atoms with Crippen molar-refractivity contribution < 1.29 is 13.2 Å². The zero-order valence-electron chi connectivity index (χ0n) is 8.74. The number of nitrogens with zero attached hydrogens (tertiary/aromatic N) is 1. The molecule has 0 aliphatic heterocycles. The van der Waals surface area contributed by atoms with E-state index < -0.39 is 17.3 Å². The van der Waals surface area contributed by atoms with Gasteiger partial charge in [0.05, 0.1) is 0 Å². The second-order valence-corrected chi connectivity index (χ2v) is 4.44. The second-order valence-electron chi connectivity index (χ2n) is 4.44. The van der Waals surface area contributed by atoms with E-state index in [1.54, 1.807) is 20.8 Å². The molecule has 1 nitrogen and oxygen atoms in total. The van der Waals surface area contributed by atoms with E-state index in [0.717, 1.165) is 4.57 Å². The first-order valence-electron chi connectivity index (χ1n) is 4.37. The van der Waals surface area contributed by atoms with Crippen LogP contribution >= 0.6 is 0 Å². The van der Waals surface area contributed by atoms with Gasteiger partial charge in [0.1, 0.15) is 5.69 Å². The molecule has 1 aromatic heterocycles. The average molecular weight is 205 g/mol. The molecule has 1 aromatic rings. The molecule has 1 heterocycles. The Bertz CT molecular complexity index is 328. The molecular weight excluding hydrogens is 191 g/mol. The van der Waals surface area contributed by atoms with Crippen molar-refractivity contribution >= 4 is 0 Å². The molecule has 0 N–H and O–H groups in total. The fraction of sp³-hybridized carbons (Fsp3) is 0.600. The molecule has 0 bridgehead atoms. The zero-order valence-corrected chi connectivity index (χ0v) is 8.74. The number of aromatic nitrogens is 1. The molecule has 1 rings (SSSR count). The van der Waals surface area contributed by atoms with Crippen LogP contribution < -0.4 is 0 Å². The number of aryl methyl sites for hydroxylation is 1. The van der Waals surface area contributed by atoms with Crippen LogP contribution in [0.4, 0.5) is 13.2 Å². The van der Waals surface area contributed by atoms with Gasteiger partial charge in [0.15, 0.2) is 0 Å². The van der Waals surface area contributed by atoms with Crippen LogP contribution in [0.15, 0.2) is 12.3 Å². The van der Waals surface area contributed by atoms with E-state index in [-0.39, 0.29) is 0 Å². The summed E-state index contributed by atoms with van der Waals surface area (Å²) in [4.78, 5) is 0. The van der Waals surface area contributed by atoms with Crippen molar-refractivity contribution in [1.29, 1.82) is 0 Å². The molecule has 0 spiro atoms. The van der Waals surface area contributed by atoms with E-state index in [1.165, 1.54) is 19.3 Å². The van der Waals surface area contributed by atoms with Crippen molar-refractivity contribution in [3.63, 3.8) is 0 Å². The first kappa shape index (κ1) is 11.1. The number of rotatable bonds is 0. The summed E-state index contributed by atoms with van der Waals surface area (Å²) in [5.41, 5.74) is -0.691. The van der Waals surface area contributed by atoms with Gasteiger partial charge in [0, 0.05) is 13.2 Å². The summed E-state index contributed by atoms with van der Waals surface area (Å²) in [6.45, 7) is 5.33. The van der Waals surface area contributed by atoms with Crippen LogP contribution in [-0.2, 0) is 18.6 Å². The number of alkyl halides is 3. The van der Waals surface area contributed by atoms with Gasteiger partial charge in [0.2, 0.25) is 0 Å². The highest BCUT2D eigenvalue weighted by Crippen LogP contribution is 2.37. The molecule has 0 fully saturated rings. The first-order chi connectivity index (χ1) is 6.14. The minimum absolute atomic E-state index is 0.340. The van der Waals surface area contributed by atoms with Crippen molar-refractivity contribution in [2.45, 2.75) is 32.4 Å². The van der Waals surface area contributed by atoms with E-state index in [1.807, 2.05) is 0 Å². The Labute approximate surface area is 81.5 Å². The summed E-state index contributed by atoms with van der Waals surface area (Å²) in [5.74, 6) is 0. The molecule has 80 valence electrons. The lowest BCUT2D eigenvalue weighted by atomic mass is 9.87. The molecule has 0 aromatic carbocycles. The van der Waals surface area contributed by atoms with Gasteiger partial charge in [-0.2, -0.15) is 13.2 Å². The van der Waals surface area contributed by atoms with E-state index in [0.29, 0.717) is 5.56 Å². The van der Waals surface area contributed by atoms with E-state index in [4.69, 9.17) is 0 Å². The summed E-state index contributed by atoms with van der Waals surface area (Å²) in [6, 6.07) is 1.53. The quantitative estimate of drug-likeness (QED) is 0.612. The molecule has 0 unspecified atom stereocenters. The van der Waals surface area contributed by atoms with Gasteiger partial charge in [-0.3, -0.25) is 0 Å². The lowest BCUT2D eigenvalue weighted by Gasteiger charge is -2.21. The third-order valence-electron chi connectivity index (χ3n) is 2.15. The number of hydrogen-bond donors (Lipinski definition) is 0. The lowest BCUT2D eigenvalue weighted by Crippen LogP contribution is -2.20. The van der Waals surface area contributed by atoms with Gasteiger partial charge in [0.25, 0.3) is 0 Å². The maximum Gasteiger partial charge on any atom is 0.431 e. The van der Waals surface area contributed by atoms with Crippen molar-refractivity contribution in [2.75, 3.05) is 0 Å². The third-order valence-corrected chi connectivity index (χ3v) is 2.15. The molecule has 0 amide bonds. The molecule has 0 saturated carbocycles. The van der Waals surface area contributed by atoms with Crippen LogP contribution in [0.5, 0.6) is 0 Å². The predicted octanol–water partition coefficient (Wildman–Crippen LogP) is 3.34. The molecule has 14 heavy (non-hydrogen) atoms. The monoisotopic (exact) mass is 205 g/mol. The Morgan fingerprint density at radius 3 is 1.93 bits per heavy atom. The molecule has 0 aliphatic rings. The largest absolute Gasteiger partial charge is 0.431 e. The van der Waals surface area contributed by atoms with Crippen molar-refractivity contribution in [2.24, 2.45) is 7.05 Å². The normalized spacial score (nSPS) is 13.4. The molecule has 0 aliphatic carbocycles. The minimum atomic E-state index is -4.28. The number of hydrogen-bond acceptors (Lipinski definition) is 0. The van der Waals surface area contributed by atoms with E-state index in [2.05, 4.69) is 0 Å². The highest BCUT2D eigenvalue weighted by molar-refractivity contribution is 5.31. The number of halogens is 3. The minimum Gasteiger partial charge on any atom is -0.347 e. The van der Waals surface area contributed by atoms with Crippen LogP contribution in [-0.4, -0.2) is 4.57 Å². The second kappa shape index (κ2) is 3.04. The predicted molar refractivity (Wildman–Crippen MR) is 49.1 cm³/mol. The third kappa shape index (κ3) is 1.94. The zero-order chi connectivity index (χ0) is 11.1. The van der Waals surface area contributed by atoms with Crippen LogP contribution in [0.25, 0.3) is 0 Å². The molecule has 0 radical (unpaired) electrons. The van der Waals surface area contributed by atoms with E-state index in [9.17, 15) is 13.2 Å². The Hall–Kier alpha value is -0.930. The fourth-order valence-electron chi connectivity index (χ4n) is 1.49. The van der Waals surface area contributed by atoms with Crippen molar-refractivity contribution in [1.82, 2.24) is 4.57 Å². The highest BCUT2D eigenvalue weighted by Gasteiger charge is 2.39. The Kier molecular flexibility index (Phi) is 2.42. The molecule has 0 saturated heterocycles. The Morgan fingerprint density at radius 1 is 1.14 bits per heavy atom. The van der Waals surface area contributed by atoms with Crippen LogP contribution in [0.3, 0.4) is 0 Å². The van der Waals surface area contributed by atoms with Gasteiger partial charge in [-0.25, -0.2) is 0 Å². The average Bonchev–Trinajstić information content (AvgIpc) is 2.27. The van der Waals surface area contributed by atoms with Crippen LogP contribution in [0.1, 0.15) is 32.0 Å². The van der Waals surface area contributed by atoms with Gasteiger partial charge < -0.3 is 4.57 Å². The summed E-state index contributed by atoms with van der Waals surface area (Å²) in [6.07, 6.45) is -2.83. The van der Waals surface area contributed by atoms with Gasteiger partial charge in [-0.05, 0) is 17.0 Å². The Balaban J connectivity index is 3.35. The molecule has 4 heteroatoms. The standard InChI is InChI=1S/C10H14F3N/c1-9(2,3)7-5-6-14(4)8(7)10(11,12)13/h5-6H,1-4H3. The van der Waals surface area contributed by atoms with Gasteiger partial charge >= 0.3 is 6.18 Å². The van der Waals surface area contributed by atoms with Crippen LogP contribution in [0.2, 0.25) is 0 Å². The van der Waals surface area contributed by atoms with Gasteiger partial charge in [-0.15, -0.1) is 0 Å². The smallest absolute Gasteiger partial charge is 0.347 e. The molecular formula is C10H14F3N.